The summed E-state index contributed by atoms with van der Waals surface area (Å²) in [7, 11) is 0. The van der Waals surface area contributed by atoms with Crippen LogP contribution < -0.4 is 10.1 Å². The van der Waals surface area contributed by atoms with Crippen LogP contribution in [0.2, 0.25) is 5.02 Å². The van der Waals surface area contributed by atoms with Gasteiger partial charge in [-0.25, -0.2) is 0 Å². The minimum Gasteiger partial charge on any atom is -0.489 e. The van der Waals surface area contributed by atoms with Gasteiger partial charge in [-0.2, -0.15) is 5.26 Å². The lowest BCUT2D eigenvalue weighted by Crippen LogP contribution is -2.74. The number of halogens is 1. The van der Waals surface area contributed by atoms with E-state index in [1.54, 1.807) is 24.3 Å². The van der Waals surface area contributed by atoms with Crippen LogP contribution in [-0.4, -0.2) is 99.5 Å². The van der Waals surface area contributed by atoms with Crippen molar-refractivity contribution in [1.29, 1.82) is 5.26 Å². The second-order valence-electron chi connectivity index (χ2n) is 19.1. The molecule has 2 aromatic carbocycles. The van der Waals surface area contributed by atoms with Crippen molar-refractivity contribution >= 4 is 41.1 Å². The van der Waals surface area contributed by atoms with E-state index in [4.69, 9.17) is 16.3 Å². The highest BCUT2D eigenvalue weighted by Gasteiger charge is 2.67. The molecule has 0 radical (unpaired) electrons. The van der Waals surface area contributed by atoms with E-state index in [0.717, 1.165) is 71.9 Å². The first-order valence-corrected chi connectivity index (χ1v) is 22.1. The van der Waals surface area contributed by atoms with Crippen LogP contribution in [0.5, 0.6) is 5.75 Å². The van der Waals surface area contributed by atoms with E-state index in [2.05, 4.69) is 73.7 Å². The van der Waals surface area contributed by atoms with Crippen molar-refractivity contribution in [2.24, 2.45) is 16.7 Å². The van der Waals surface area contributed by atoms with Gasteiger partial charge in [-0.15, -0.1) is 0 Å². The van der Waals surface area contributed by atoms with Crippen molar-refractivity contribution in [2.75, 3.05) is 26.2 Å². The van der Waals surface area contributed by atoms with Crippen LogP contribution in [0.25, 0.3) is 0 Å². The molecule has 1 unspecified atom stereocenters. The molecule has 5 aliphatic heterocycles. The molecular formula is C49H51ClN6O6. The van der Waals surface area contributed by atoms with Crippen LogP contribution in [-0.2, 0) is 25.7 Å². The Morgan fingerprint density at radius 3 is 2.31 bits per heavy atom. The number of nitrogens with one attached hydrogen (secondary N) is 1. The van der Waals surface area contributed by atoms with Crippen molar-refractivity contribution in [2.45, 2.75) is 104 Å². The predicted octanol–water partition coefficient (Wildman–Crippen LogP) is 5.89. The van der Waals surface area contributed by atoms with Crippen LogP contribution >= 0.6 is 11.6 Å². The third-order valence-electron chi connectivity index (χ3n) is 14.4. The normalized spacial score (nSPS) is 27.9. The lowest BCUT2D eigenvalue weighted by atomic mass is 9.49. The van der Waals surface area contributed by atoms with Crippen molar-refractivity contribution in [1.82, 2.24) is 24.9 Å². The molecule has 5 amide bonds. The highest BCUT2D eigenvalue weighted by Crippen LogP contribution is 2.59. The van der Waals surface area contributed by atoms with Gasteiger partial charge < -0.3 is 14.5 Å². The number of hydrogen-bond acceptors (Lipinski definition) is 9. The molecule has 9 rings (SSSR count). The molecule has 13 heteroatoms. The van der Waals surface area contributed by atoms with Crippen molar-refractivity contribution < 1.29 is 28.7 Å². The number of imide groups is 2. The van der Waals surface area contributed by atoms with Crippen molar-refractivity contribution in [3.63, 3.8) is 0 Å². The number of fused-ring (bicyclic) bond motifs is 1. The summed E-state index contributed by atoms with van der Waals surface area (Å²) in [4.78, 5) is 72.9. The quantitative estimate of drug-likeness (QED) is 0.278. The maximum absolute atomic E-state index is 13.9. The fraction of sp³-hybridized carbons (Fsp3) is 0.469. The van der Waals surface area contributed by atoms with Gasteiger partial charge in [0.15, 0.2) is 0 Å². The number of hydrogen-bond donors (Lipinski definition) is 1. The van der Waals surface area contributed by atoms with Gasteiger partial charge in [0.05, 0.1) is 10.6 Å². The number of benzene rings is 2. The van der Waals surface area contributed by atoms with Crippen LogP contribution in [0.15, 0.2) is 71.0 Å². The number of likely N-dealkylation sites (tertiary alicyclic amines) is 2. The molecule has 4 fully saturated rings. The maximum atomic E-state index is 13.9. The summed E-state index contributed by atoms with van der Waals surface area (Å²) in [5, 5.41) is 11.9. The number of rotatable bonds is 6. The number of nitrogens with zero attached hydrogens (tertiary/aromatic N) is 5. The second-order valence-corrected chi connectivity index (χ2v) is 19.5. The maximum Gasteiger partial charge on any atom is 0.261 e. The third-order valence-corrected chi connectivity index (χ3v) is 14.7. The van der Waals surface area contributed by atoms with Crippen LogP contribution in [0.4, 0.5) is 0 Å². The Morgan fingerprint density at radius 1 is 0.871 bits per heavy atom. The molecule has 1 saturated carbocycles. The Morgan fingerprint density at radius 2 is 1.61 bits per heavy atom. The first kappa shape index (κ1) is 41.7. The molecule has 5 heterocycles. The number of carbonyl (C=O) groups is 5. The van der Waals surface area contributed by atoms with Crippen LogP contribution in [0.1, 0.15) is 100 Å². The number of piperidine rings is 2. The minimum absolute atomic E-state index is 0.0368. The molecule has 0 bridgehead atoms. The Labute approximate surface area is 367 Å². The number of amides is 5. The summed E-state index contributed by atoms with van der Waals surface area (Å²) in [6.45, 7) is 14.9. The van der Waals surface area contributed by atoms with Gasteiger partial charge in [-0.05, 0) is 106 Å². The van der Waals surface area contributed by atoms with E-state index >= 15 is 0 Å². The zero-order valence-electron chi connectivity index (χ0n) is 35.8. The van der Waals surface area contributed by atoms with E-state index in [9.17, 15) is 29.2 Å². The molecule has 0 spiro atoms. The molecule has 320 valence electrons. The molecule has 3 saturated heterocycles. The molecule has 0 aromatic heterocycles. The minimum atomic E-state index is -0.967. The van der Waals surface area contributed by atoms with Gasteiger partial charge in [0, 0.05) is 88.9 Å². The van der Waals surface area contributed by atoms with Crippen LogP contribution in [0, 0.1) is 39.9 Å². The molecule has 2 aliphatic carbocycles. The summed E-state index contributed by atoms with van der Waals surface area (Å²) in [6.07, 6.45) is 6.78. The number of ether oxygens (including phenoxy) is 1. The lowest BCUT2D eigenvalue weighted by Gasteiger charge is -2.65. The van der Waals surface area contributed by atoms with E-state index in [0.29, 0.717) is 58.8 Å². The highest BCUT2D eigenvalue weighted by molar-refractivity contribution is 6.31. The first-order chi connectivity index (χ1) is 29.6. The first-order valence-electron chi connectivity index (χ1n) is 21.7. The van der Waals surface area contributed by atoms with E-state index in [-0.39, 0.29) is 47.6 Å². The molecule has 12 nitrogen and oxygen atoms in total. The summed E-state index contributed by atoms with van der Waals surface area (Å²) in [5.41, 5.74) is 5.39. The number of carbonyl (C=O) groups excluding carboxylic acids is 5. The van der Waals surface area contributed by atoms with Crippen molar-refractivity contribution in [3.8, 4) is 23.7 Å². The zero-order valence-corrected chi connectivity index (χ0v) is 36.6. The lowest BCUT2D eigenvalue weighted by molar-refractivity contribution is -0.199. The summed E-state index contributed by atoms with van der Waals surface area (Å²) in [5.74, 6) is 6.04. The van der Waals surface area contributed by atoms with Gasteiger partial charge in [-0.3, -0.25) is 39.1 Å². The topological polar surface area (TPSA) is 143 Å². The van der Waals surface area contributed by atoms with Gasteiger partial charge in [0.25, 0.3) is 17.7 Å². The van der Waals surface area contributed by atoms with Gasteiger partial charge in [0.2, 0.25) is 11.8 Å². The molecule has 7 aliphatic rings. The Hall–Kier alpha value is -5.69. The average molecular weight is 855 g/mol. The van der Waals surface area contributed by atoms with Gasteiger partial charge in [-0.1, -0.05) is 51.1 Å². The van der Waals surface area contributed by atoms with Crippen LogP contribution in [0.3, 0.4) is 0 Å². The fourth-order valence-corrected chi connectivity index (χ4v) is 11.7. The monoisotopic (exact) mass is 854 g/mol. The number of nitriles is 1. The standard InChI is InChI=1S/C49H51ClN6O6/c1-28-6-12-36-37(45(61)56(44(36)60)40-16-17-41(57)52-42(40)58)14-15-39(28)54-26-33(27-54)53-20-18-29(19-21-53)7-8-30-9-13-35-32(22-30)25-55(43(35)59)46-48(2,3)47(49(46,4)5)62-34-11-10-31(24-51)38(50)23-34/h9-11,13-15,22-23,29,33,40,46-47H,6,12,16-21,25-27H2,1-5H3,(H,52,57,58)/b15-14-,39-28+/t40?,46-,47-. The Kier molecular flexibility index (Phi) is 10.5. The summed E-state index contributed by atoms with van der Waals surface area (Å²) < 4.78 is 6.49. The van der Waals surface area contributed by atoms with Gasteiger partial charge in [0.1, 0.15) is 24.0 Å². The summed E-state index contributed by atoms with van der Waals surface area (Å²) in [6, 6.07) is 12.6. The molecular weight excluding hydrogens is 804 g/mol. The third kappa shape index (κ3) is 7.02. The molecule has 1 atom stereocenters. The summed E-state index contributed by atoms with van der Waals surface area (Å²) >= 11 is 6.30. The van der Waals surface area contributed by atoms with Gasteiger partial charge >= 0.3 is 0 Å². The average Bonchev–Trinajstić information content (AvgIpc) is 3.64. The molecule has 62 heavy (non-hydrogen) atoms. The predicted molar refractivity (Wildman–Crippen MR) is 231 cm³/mol. The Balaban J connectivity index is 0.774. The Bertz CT molecular complexity index is 2510. The molecule has 2 aromatic rings. The van der Waals surface area contributed by atoms with E-state index in [1.165, 1.54) is 0 Å². The fourth-order valence-electron chi connectivity index (χ4n) is 11.5. The van der Waals surface area contributed by atoms with Crippen molar-refractivity contribution in [3.05, 3.63) is 98.2 Å². The smallest absolute Gasteiger partial charge is 0.261 e. The zero-order chi connectivity index (χ0) is 43.8. The second kappa shape index (κ2) is 15.6. The van der Waals surface area contributed by atoms with E-state index < -0.39 is 23.8 Å². The molecule has 1 N–H and O–H groups in total. The van der Waals surface area contributed by atoms with E-state index in [1.807, 2.05) is 23.1 Å². The SMILES string of the molecule is C/C1=C(N2CC(N3CCC(C#Cc4ccc5c(c4)CN([C@H]4C(C)(C)[C@H](Oc6ccc(C#N)c(Cl)c6)C4(C)C)C5=O)CC3)C2)/C=C\C2=C(CC1)C(=O)N(C1CCC(=O)NC1=O)C2=O. The largest absolute Gasteiger partial charge is 0.489 e. The highest BCUT2D eigenvalue weighted by atomic mass is 35.5. The number of allylic oxidation sites excluding steroid dienone is 2.